The Labute approximate surface area is 252 Å². The Bertz CT molecular complexity index is 1840. The minimum atomic E-state index is -0.249. The average molecular weight is 567 g/mol. The maximum atomic E-state index is 5.93. The standard InChI is InChI=1S/C36H34N6O/c1-4-5-13-25-20-22-26(23-21-25)37-34-36-39-35-32(24(2)40-42(35)27-14-7-6-8-15-27)33(28-16-9-12-19-31(28)43-3)41(36)30-18-11-10-17-29(30)38-34/h6-12,14-23,33H,4-5,13H2,1-3H3,(H,37,38)/t33-/m0/s1. The molecule has 0 saturated heterocycles. The third-order valence-corrected chi connectivity index (χ3v) is 8.11. The Kier molecular flexibility index (Phi) is 6.99. The summed E-state index contributed by atoms with van der Waals surface area (Å²) in [7, 11) is 1.72. The third kappa shape index (κ3) is 4.77. The zero-order valence-corrected chi connectivity index (χ0v) is 24.7. The van der Waals surface area contributed by atoms with Crippen LogP contribution in [0.1, 0.15) is 48.2 Å². The predicted octanol–water partition coefficient (Wildman–Crippen LogP) is 8.33. The van der Waals surface area contributed by atoms with Crippen molar-refractivity contribution in [2.75, 3.05) is 17.3 Å². The number of fused-ring (bicyclic) bond motifs is 4. The molecule has 0 radical (unpaired) electrons. The molecule has 0 fully saturated rings. The summed E-state index contributed by atoms with van der Waals surface area (Å²) >= 11 is 0. The average Bonchev–Trinajstić information content (AvgIpc) is 3.39. The molecule has 7 nitrogen and oxygen atoms in total. The summed E-state index contributed by atoms with van der Waals surface area (Å²) in [5.74, 6) is 3.01. The van der Waals surface area contributed by atoms with Crippen LogP contribution < -0.4 is 15.0 Å². The van der Waals surface area contributed by atoms with Crippen molar-refractivity contribution in [3.05, 3.63) is 126 Å². The Morgan fingerprint density at radius 1 is 0.837 bits per heavy atom. The lowest BCUT2D eigenvalue weighted by Crippen LogP contribution is -2.46. The maximum absolute atomic E-state index is 5.93. The van der Waals surface area contributed by atoms with Crippen LogP contribution in [-0.4, -0.2) is 28.6 Å². The fourth-order valence-corrected chi connectivity index (χ4v) is 6.01. The van der Waals surface area contributed by atoms with Gasteiger partial charge in [0.1, 0.15) is 5.75 Å². The number of methoxy groups -OCH3 is 1. The van der Waals surface area contributed by atoms with E-state index in [9.17, 15) is 0 Å². The Balaban J connectivity index is 1.43. The molecule has 0 bridgehead atoms. The number of ether oxygens (including phenoxy) is 1. The molecule has 7 heteroatoms. The maximum Gasteiger partial charge on any atom is 0.179 e. The first-order chi connectivity index (χ1) is 21.2. The van der Waals surface area contributed by atoms with Crippen LogP contribution in [0.5, 0.6) is 5.75 Å². The highest BCUT2D eigenvalue weighted by atomic mass is 16.5. The molecular weight excluding hydrogens is 532 g/mol. The minimum absolute atomic E-state index is 0.249. The Morgan fingerprint density at radius 2 is 1.58 bits per heavy atom. The van der Waals surface area contributed by atoms with Gasteiger partial charge in [0.2, 0.25) is 0 Å². The molecule has 0 aliphatic carbocycles. The molecule has 0 spiro atoms. The van der Waals surface area contributed by atoms with Gasteiger partial charge >= 0.3 is 0 Å². The largest absolute Gasteiger partial charge is 0.496 e. The number of unbranched alkanes of at least 4 members (excludes halogenated alkanes) is 1. The third-order valence-electron chi connectivity index (χ3n) is 8.11. The van der Waals surface area contributed by atoms with Crippen molar-refractivity contribution >= 4 is 34.6 Å². The number of aryl methyl sites for hydroxylation is 2. The predicted molar refractivity (Wildman–Crippen MR) is 175 cm³/mol. The highest BCUT2D eigenvalue weighted by molar-refractivity contribution is 6.51. The van der Waals surface area contributed by atoms with Crippen molar-refractivity contribution in [3.8, 4) is 11.4 Å². The van der Waals surface area contributed by atoms with Crippen molar-refractivity contribution in [2.45, 2.75) is 39.2 Å². The van der Waals surface area contributed by atoms with Gasteiger partial charge in [-0.3, -0.25) is 0 Å². The van der Waals surface area contributed by atoms with E-state index < -0.39 is 0 Å². The topological polar surface area (TPSA) is 67.0 Å². The first kappa shape index (κ1) is 26.7. The number of rotatable bonds is 7. The molecule has 0 saturated carbocycles. The molecule has 0 unspecified atom stereocenters. The number of anilines is 2. The van der Waals surface area contributed by atoms with E-state index in [1.807, 2.05) is 41.1 Å². The summed E-state index contributed by atoms with van der Waals surface area (Å²) < 4.78 is 7.88. The van der Waals surface area contributed by atoms with E-state index in [4.69, 9.17) is 19.8 Å². The van der Waals surface area contributed by atoms with Crippen LogP contribution in [0.2, 0.25) is 0 Å². The molecule has 1 N–H and O–H groups in total. The summed E-state index contributed by atoms with van der Waals surface area (Å²) in [6, 6.07) is 35.0. The van der Waals surface area contributed by atoms with Crippen LogP contribution in [0.15, 0.2) is 113 Å². The summed E-state index contributed by atoms with van der Waals surface area (Å²) in [5, 5.41) is 8.65. The van der Waals surface area contributed by atoms with E-state index in [1.54, 1.807) is 7.11 Å². The van der Waals surface area contributed by atoms with E-state index in [2.05, 4.69) is 90.8 Å². The highest BCUT2D eigenvalue weighted by Gasteiger charge is 2.42. The molecule has 5 aromatic rings. The zero-order valence-electron chi connectivity index (χ0n) is 24.7. The lowest BCUT2D eigenvalue weighted by atomic mass is 9.92. The number of amidine groups is 2. The number of aromatic nitrogens is 2. The van der Waals surface area contributed by atoms with Gasteiger partial charge in [-0.1, -0.05) is 74.0 Å². The smallest absolute Gasteiger partial charge is 0.179 e. The molecule has 214 valence electrons. The second kappa shape index (κ2) is 11.2. The summed E-state index contributed by atoms with van der Waals surface area (Å²) in [6.07, 6.45) is 3.45. The number of aliphatic imine (C=N–C) groups is 2. The van der Waals surface area contributed by atoms with Crippen LogP contribution >= 0.6 is 0 Å². The number of nitrogens with one attached hydrogen (secondary N) is 1. The van der Waals surface area contributed by atoms with Gasteiger partial charge in [0.15, 0.2) is 17.5 Å². The lowest BCUT2D eigenvalue weighted by molar-refractivity contribution is 0.407. The van der Waals surface area contributed by atoms with E-state index in [1.165, 1.54) is 18.4 Å². The van der Waals surface area contributed by atoms with Crippen molar-refractivity contribution in [3.63, 3.8) is 0 Å². The summed E-state index contributed by atoms with van der Waals surface area (Å²) in [5.41, 5.74) is 8.09. The van der Waals surface area contributed by atoms with Crippen molar-refractivity contribution in [2.24, 2.45) is 9.98 Å². The Hall–Kier alpha value is -5.17. The fraction of sp³-hybridized carbons (Fsp3) is 0.194. The molecule has 43 heavy (non-hydrogen) atoms. The van der Waals surface area contributed by atoms with Crippen LogP contribution in [-0.2, 0) is 6.42 Å². The fourth-order valence-electron chi connectivity index (χ4n) is 6.01. The summed E-state index contributed by atoms with van der Waals surface area (Å²) in [4.78, 5) is 12.7. The van der Waals surface area contributed by atoms with Crippen LogP contribution in [0.3, 0.4) is 0 Å². The molecule has 4 aromatic carbocycles. The highest BCUT2D eigenvalue weighted by Crippen LogP contribution is 2.49. The van der Waals surface area contributed by atoms with Crippen molar-refractivity contribution in [1.82, 2.24) is 9.78 Å². The molecule has 2 aliphatic heterocycles. The SMILES string of the molecule is CCCCc1ccc(NC2=Nc3ccccc3N3C2=Nc2c(c(C)nn2-c2ccccc2)[C@@H]3c2ccccc2OC)cc1. The van der Waals surface area contributed by atoms with Gasteiger partial charge in [-0.2, -0.15) is 5.10 Å². The molecule has 0 amide bonds. The van der Waals surface area contributed by atoms with E-state index in [-0.39, 0.29) is 6.04 Å². The van der Waals surface area contributed by atoms with Crippen LogP contribution in [0.4, 0.5) is 22.9 Å². The molecular formula is C36H34N6O. The molecule has 7 rings (SSSR count). The Morgan fingerprint density at radius 3 is 2.37 bits per heavy atom. The first-order valence-corrected chi connectivity index (χ1v) is 14.9. The van der Waals surface area contributed by atoms with Gasteiger partial charge in [0.05, 0.1) is 35.9 Å². The van der Waals surface area contributed by atoms with Crippen molar-refractivity contribution < 1.29 is 4.74 Å². The molecule has 1 aromatic heterocycles. The number of hydrogen-bond donors (Lipinski definition) is 1. The number of para-hydroxylation sites is 4. The van der Waals surface area contributed by atoms with Gasteiger partial charge in [0.25, 0.3) is 0 Å². The van der Waals surface area contributed by atoms with Gasteiger partial charge in [-0.25, -0.2) is 14.7 Å². The van der Waals surface area contributed by atoms with Crippen molar-refractivity contribution in [1.29, 1.82) is 0 Å². The lowest BCUT2D eigenvalue weighted by Gasteiger charge is -2.41. The molecule has 2 aliphatic rings. The second-order valence-electron chi connectivity index (χ2n) is 10.9. The van der Waals surface area contributed by atoms with Crippen LogP contribution in [0.25, 0.3) is 5.69 Å². The first-order valence-electron chi connectivity index (χ1n) is 14.9. The normalized spacial score (nSPS) is 15.1. The van der Waals surface area contributed by atoms with E-state index >= 15 is 0 Å². The number of nitrogens with zero attached hydrogens (tertiary/aromatic N) is 5. The molecule has 3 heterocycles. The van der Waals surface area contributed by atoms with Gasteiger partial charge < -0.3 is 15.0 Å². The minimum Gasteiger partial charge on any atom is -0.496 e. The zero-order chi connectivity index (χ0) is 29.3. The summed E-state index contributed by atoms with van der Waals surface area (Å²) in [6.45, 7) is 4.28. The van der Waals surface area contributed by atoms with Gasteiger partial charge in [-0.15, -0.1) is 0 Å². The monoisotopic (exact) mass is 566 g/mol. The molecule has 1 atom stereocenters. The van der Waals surface area contributed by atoms with Gasteiger partial charge in [0, 0.05) is 16.8 Å². The number of benzene rings is 4. The van der Waals surface area contributed by atoms with Gasteiger partial charge in [-0.05, 0) is 67.8 Å². The quantitative estimate of drug-likeness (QED) is 0.215. The number of hydrogen-bond acceptors (Lipinski definition) is 6. The second-order valence-corrected chi connectivity index (χ2v) is 10.9. The van der Waals surface area contributed by atoms with Crippen LogP contribution in [0, 0.1) is 6.92 Å². The van der Waals surface area contributed by atoms with E-state index in [0.29, 0.717) is 5.84 Å². The van der Waals surface area contributed by atoms with E-state index in [0.717, 1.165) is 63.4 Å².